The highest BCUT2D eigenvalue weighted by Crippen LogP contribution is 2.27. The van der Waals surface area contributed by atoms with Crippen LogP contribution in [0.25, 0.3) is 10.9 Å². The Morgan fingerprint density at radius 1 is 1.13 bits per heavy atom. The van der Waals surface area contributed by atoms with Crippen LogP contribution >= 0.6 is 0 Å². The topological polar surface area (TPSA) is 71.5 Å². The summed E-state index contributed by atoms with van der Waals surface area (Å²) in [5.41, 5.74) is 4.18. The molecule has 0 radical (unpaired) electrons. The van der Waals surface area contributed by atoms with E-state index in [1.807, 2.05) is 29.2 Å². The number of hydrogen-bond donors (Lipinski definition) is 1. The number of hydrogen-bond acceptors (Lipinski definition) is 5. The summed E-state index contributed by atoms with van der Waals surface area (Å²) in [5.74, 6) is -0.152. The lowest BCUT2D eigenvalue weighted by Crippen LogP contribution is -2.23. The van der Waals surface area contributed by atoms with Crippen molar-refractivity contribution in [1.29, 1.82) is 0 Å². The normalized spacial score (nSPS) is 13.6. The van der Waals surface area contributed by atoms with Crippen LogP contribution in [-0.4, -0.2) is 34.9 Å². The molecule has 1 aromatic heterocycles. The van der Waals surface area contributed by atoms with E-state index in [0.717, 1.165) is 40.7 Å². The molecule has 1 aliphatic rings. The first-order chi connectivity index (χ1) is 14.7. The number of esters is 1. The number of nitrogens with one attached hydrogen (secondary N) is 1. The second-order valence-electron chi connectivity index (χ2n) is 7.37. The molecule has 1 saturated heterocycles. The quantitative estimate of drug-likeness (QED) is 0.600. The van der Waals surface area contributed by atoms with Crippen molar-refractivity contribution < 1.29 is 14.3 Å². The van der Waals surface area contributed by atoms with Crippen molar-refractivity contribution in [2.24, 2.45) is 0 Å². The van der Waals surface area contributed by atoms with Crippen molar-refractivity contribution in [3.05, 3.63) is 71.4 Å². The minimum Gasteiger partial charge on any atom is -0.462 e. The molecule has 0 atom stereocenters. The molecular formula is C24H25N3O3. The minimum absolute atomic E-state index is 0.233. The second-order valence-corrected chi connectivity index (χ2v) is 7.37. The number of fused-ring (bicyclic) bond motifs is 1. The SMILES string of the molecule is CCOC(=O)c1cnc2ccccc2c1NCc1ccc(CN2CCCC2=O)cc1. The number of likely N-dealkylation sites (tertiary alicyclic amines) is 1. The number of ether oxygens (including phenoxy) is 1. The van der Waals surface area contributed by atoms with Crippen molar-refractivity contribution >= 4 is 28.5 Å². The molecule has 0 spiro atoms. The van der Waals surface area contributed by atoms with Gasteiger partial charge in [-0.1, -0.05) is 42.5 Å². The summed E-state index contributed by atoms with van der Waals surface area (Å²) in [6.07, 6.45) is 3.17. The maximum Gasteiger partial charge on any atom is 0.341 e. The predicted molar refractivity (Wildman–Crippen MR) is 116 cm³/mol. The third-order valence-electron chi connectivity index (χ3n) is 5.31. The lowest BCUT2D eigenvalue weighted by molar-refractivity contribution is -0.128. The number of pyridine rings is 1. The third-order valence-corrected chi connectivity index (χ3v) is 5.31. The lowest BCUT2D eigenvalue weighted by atomic mass is 10.1. The number of benzene rings is 2. The molecule has 1 amide bonds. The maximum absolute atomic E-state index is 12.4. The van der Waals surface area contributed by atoms with Gasteiger partial charge in [0.25, 0.3) is 0 Å². The average molecular weight is 403 g/mol. The molecule has 1 N–H and O–H groups in total. The Kier molecular flexibility index (Phi) is 5.93. The highest BCUT2D eigenvalue weighted by atomic mass is 16.5. The fourth-order valence-corrected chi connectivity index (χ4v) is 3.74. The van der Waals surface area contributed by atoms with Crippen LogP contribution < -0.4 is 5.32 Å². The fourth-order valence-electron chi connectivity index (χ4n) is 3.74. The number of nitrogens with zero attached hydrogens (tertiary/aromatic N) is 2. The van der Waals surface area contributed by atoms with Gasteiger partial charge in [0.15, 0.2) is 0 Å². The Balaban J connectivity index is 1.52. The Morgan fingerprint density at radius 2 is 1.90 bits per heavy atom. The van der Waals surface area contributed by atoms with Gasteiger partial charge in [-0.05, 0) is 30.5 Å². The molecule has 4 rings (SSSR count). The van der Waals surface area contributed by atoms with Crippen LogP contribution in [0.15, 0.2) is 54.7 Å². The monoisotopic (exact) mass is 403 g/mol. The first kappa shape index (κ1) is 19.9. The van der Waals surface area contributed by atoms with E-state index in [-0.39, 0.29) is 11.9 Å². The summed E-state index contributed by atoms with van der Waals surface area (Å²) in [6, 6.07) is 15.9. The van der Waals surface area contributed by atoms with Crippen LogP contribution in [0.3, 0.4) is 0 Å². The number of carbonyl (C=O) groups is 2. The van der Waals surface area contributed by atoms with Crippen LogP contribution in [0, 0.1) is 0 Å². The van der Waals surface area contributed by atoms with Crippen molar-refractivity contribution in [2.75, 3.05) is 18.5 Å². The number of para-hydroxylation sites is 1. The minimum atomic E-state index is -0.385. The number of rotatable bonds is 7. The molecule has 1 aliphatic heterocycles. The van der Waals surface area contributed by atoms with Crippen LogP contribution in [0.4, 0.5) is 5.69 Å². The summed E-state index contributed by atoms with van der Waals surface area (Å²) in [6.45, 7) is 4.16. The molecule has 6 heteroatoms. The fraction of sp³-hybridized carbons (Fsp3) is 0.292. The summed E-state index contributed by atoms with van der Waals surface area (Å²) in [5, 5.41) is 4.29. The molecule has 154 valence electrons. The number of anilines is 1. The molecule has 30 heavy (non-hydrogen) atoms. The second kappa shape index (κ2) is 8.95. The van der Waals surface area contributed by atoms with Crippen molar-refractivity contribution in [3.8, 4) is 0 Å². The standard InChI is InChI=1S/C24H25N3O3/c1-2-30-24(29)20-15-25-21-7-4-3-6-19(21)23(20)26-14-17-9-11-18(12-10-17)16-27-13-5-8-22(27)28/h3-4,6-7,9-12,15H,2,5,8,13-14,16H2,1H3,(H,25,26). The number of amides is 1. The van der Waals surface area contributed by atoms with Crippen LogP contribution in [0.2, 0.25) is 0 Å². The van der Waals surface area contributed by atoms with Crippen molar-refractivity contribution in [3.63, 3.8) is 0 Å². The van der Waals surface area contributed by atoms with Gasteiger partial charge in [0.2, 0.25) is 5.91 Å². The van der Waals surface area contributed by atoms with Gasteiger partial charge in [0.05, 0.1) is 17.8 Å². The summed E-state index contributed by atoms with van der Waals surface area (Å²) >= 11 is 0. The van der Waals surface area contributed by atoms with Crippen LogP contribution in [0.5, 0.6) is 0 Å². The highest BCUT2D eigenvalue weighted by Gasteiger charge is 2.20. The van der Waals surface area contributed by atoms with Gasteiger partial charge in [0.1, 0.15) is 5.56 Å². The molecule has 1 fully saturated rings. The summed E-state index contributed by atoms with van der Waals surface area (Å²) in [4.78, 5) is 30.5. The predicted octanol–water partition coefficient (Wildman–Crippen LogP) is 4.15. The van der Waals surface area contributed by atoms with E-state index in [0.29, 0.717) is 31.7 Å². The summed E-state index contributed by atoms with van der Waals surface area (Å²) < 4.78 is 5.21. The molecule has 2 heterocycles. The average Bonchev–Trinajstić information content (AvgIpc) is 3.17. The van der Waals surface area contributed by atoms with E-state index < -0.39 is 0 Å². The molecule has 3 aromatic rings. The molecule has 6 nitrogen and oxygen atoms in total. The van der Waals surface area contributed by atoms with Gasteiger partial charge < -0.3 is 15.0 Å². The first-order valence-corrected chi connectivity index (χ1v) is 10.3. The van der Waals surface area contributed by atoms with Gasteiger partial charge in [-0.2, -0.15) is 0 Å². The highest BCUT2D eigenvalue weighted by molar-refractivity contribution is 6.04. The largest absolute Gasteiger partial charge is 0.462 e. The Morgan fingerprint density at radius 3 is 2.63 bits per heavy atom. The molecule has 0 unspecified atom stereocenters. The zero-order chi connectivity index (χ0) is 20.9. The Bertz CT molecular complexity index is 1060. The third kappa shape index (κ3) is 4.27. The molecule has 0 bridgehead atoms. The van der Waals surface area contributed by atoms with Gasteiger partial charge >= 0.3 is 5.97 Å². The van der Waals surface area contributed by atoms with Crippen molar-refractivity contribution in [1.82, 2.24) is 9.88 Å². The molecule has 0 aliphatic carbocycles. The van der Waals surface area contributed by atoms with Gasteiger partial charge in [-0.15, -0.1) is 0 Å². The maximum atomic E-state index is 12.4. The lowest BCUT2D eigenvalue weighted by Gasteiger charge is -2.16. The van der Waals surface area contributed by atoms with Gasteiger partial charge in [-0.25, -0.2) is 4.79 Å². The number of carbonyl (C=O) groups excluding carboxylic acids is 2. The van der Waals surface area contributed by atoms with Crippen molar-refractivity contribution in [2.45, 2.75) is 32.9 Å². The first-order valence-electron chi connectivity index (χ1n) is 10.3. The van der Waals surface area contributed by atoms with Gasteiger partial charge in [-0.3, -0.25) is 9.78 Å². The van der Waals surface area contributed by atoms with Crippen LogP contribution in [-0.2, 0) is 22.6 Å². The number of aromatic nitrogens is 1. The molecular weight excluding hydrogens is 378 g/mol. The smallest absolute Gasteiger partial charge is 0.341 e. The van der Waals surface area contributed by atoms with E-state index in [1.165, 1.54) is 0 Å². The zero-order valence-electron chi connectivity index (χ0n) is 17.1. The molecule has 0 saturated carbocycles. The Labute approximate surface area is 175 Å². The zero-order valence-corrected chi connectivity index (χ0v) is 17.1. The van der Waals surface area contributed by atoms with E-state index in [4.69, 9.17) is 4.74 Å². The summed E-state index contributed by atoms with van der Waals surface area (Å²) in [7, 11) is 0. The van der Waals surface area contributed by atoms with E-state index >= 15 is 0 Å². The van der Waals surface area contributed by atoms with Gasteiger partial charge in [0, 0.05) is 37.6 Å². The van der Waals surface area contributed by atoms with Crippen LogP contribution in [0.1, 0.15) is 41.3 Å². The van der Waals surface area contributed by atoms with E-state index in [1.54, 1.807) is 13.1 Å². The van der Waals surface area contributed by atoms with E-state index in [2.05, 4.69) is 34.6 Å². The van der Waals surface area contributed by atoms with E-state index in [9.17, 15) is 9.59 Å². The Hall–Kier alpha value is -3.41. The molecule has 2 aromatic carbocycles.